The highest BCUT2D eigenvalue weighted by atomic mass is 19.1. The van der Waals surface area contributed by atoms with Crippen molar-refractivity contribution in [3.63, 3.8) is 0 Å². The van der Waals surface area contributed by atoms with E-state index in [9.17, 15) is 8.78 Å². The van der Waals surface area contributed by atoms with Crippen molar-refractivity contribution in [3.8, 4) is 11.8 Å². The minimum Gasteiger partial charge on any atom is -0.488 e. The molecule has 0 aliphatic rings. The second-order valence-corrected chi connectivity index (χ2v) is 2.62. The van der Waals surface area contributed by atoms with Crippen LogP contribution in [0.4, 0.5) is 8.78 Å². The molecule has 0 aromatic heterocycles. The van der Waals surface area contributed by atoms with Crippen LogP contribution in [-0.2, 0) is 0 Å². The molecule has 1 aromatic rings. The minimum absolute atomic E-state index is 0.170. The summed E-state index contributed by atoms with van der Waals surface area (Å²) in [6.45, 7) is -0.170. The Bertz CT molecular complexity index is 362. The molecule has 0 heterocycles. The summed E-state index contributed by atoms with van der Waals surface area (Å²) in [6, 6.07) is 3.68. The van der Waals surface area contributed by atoms with Crippen molar-refractivity contribution in [3.05, 3.63) is 29.8 Å². The Labute approximate surface area is 79.7 Å². The van der Waals surface area contributed by atoms with E-state index in [2.05, 4.69) is 0 Å². The van der Waals surface area contributed by atoms with Crippen LogP contribution >= 0.6 is 0 Å². The molecule has 0 fully saturated rings. The van der Waals surface area contributed by atoms with Gasteiger partial charge in [-0.2, -0.15) is 5.26 Å². The molecule has 5 heteroatoms. The van der Waals surface area contributed by atoms with Crippen LogP contribution in [0.1, 0.15) is 0 Å². The molecule has 0 saturated carbocycles. The molecule has 14 heavy (non-hydrogen) atoms. The van der Waals surface area contributed by atoms with E-state index < -0.39 is 17.7 Å². The van der Waals surface area contributed by atoms with Gasteiger partial charge in [-0.25, -0.2) is 8.78 Å². The van der Waals surface area contributed by atoms with Gasteiger partial charge in [-0.15, -0.1) is 0 Å². The molecule has 0 bridgehead atoms. The maximum absolute atomic E-state index is 12.9. The Morgan fingerprint density at radius 2 is 2.21 bits per heavy atom. The molecule has 0 aliphatic carbocycles. The van der Waals surface area contributed by atoms with Gasteiger partial charge in [0.1, 0.15) is 18.5 Å². The lowest BCUT2D eigenvalue weighted by atomic mass is 10.3. The van der Waals surface area contributed by atoms with E-state index in [-0.39, 0.29) is 12.4 Å². The molecule has 1 unspecified atom stereocenters. The summed E-state index contributed by atoms with van der Waals surface area (Å²) in [5.74, 6) is -1.53. The number of benzene rings is 1. The molecule has 1 atom stereocenters. The molecule has 2 N–H and O–H groups in total. The normalized spacial score (nSPS) is 11.9. The number of nitrogens with zero attached hydrogens (tertiary/aromatic N) is 1. The van der Waals surface area contributed by atoms with Crippen LogP contribution in [0.5, 0.6) is 5.75 Å². The average Bonchev–Trinajstić information content (AvgIpc) is 2.19. The molecular formula is C9H8F2N2O. The van der Waals surface area contributed by atoms with Gasteiger partial charge in [0.05, 0.1) is 6.07 Å². The molecule has 3 nitrogen and oxygen atoms in total. The van der Waals surface area contributed by atoms with E-state index in [1.54, 1.807) is 6.07 Å². The first-order valence-electron chi connectivity index (χ1n) is 3.86. The van der Waals surface area contributed by atoms with Crippen molar-refractivity contribution < 1.29 is 13.5 Å². The fourth-order valence-electron chi connectivity index (χ4n) is 0.805. The quantitative estimate of drug-likeness (QED) is 0.793. The van der Waals surface area contributed by atoms with Crippen LogP contribution in [0.3, 0.4) is 0 Å². The number of hydrogen-bond donors (Lipinski definition) is 1. The fourth-order valence-corrected chi connectivity index (χ4v) is 0.805. The highest BCUT2D eigenvalue weighted by molar-refractivity contribution is 5.25. The first-order valence-corrected chi connectivity index (χ1v) is 3.86. The van der Waals surface area contributed by atoms with Crippen LogP contribution in [-0.4, -0.2) is 12.6 Å². The number of hydrogen-bond acceptors (Lipinski definition) is 3. The van der Waals surface area contributed by atoms with Crippen molar-refractivity contribution in [1.29, 1.82) is 5.26 Å². The Kier molecular flexibility index (Phi) is 3.37. The summed E-state index contributed by atoms with van der Waals surface area (Å²) >= 11 is 0. The third-order valence-electron chi connectivity index (χ3n) is 1.48. The first-order chi connectivity index (χ1) is 6.63. The number of rotatable bonds is 3. The zero-order valence-electron chi connectivity index (χ0n) is 7.21. The predicted molar refractivity (Wildman–Crippen MR) is 45.4 cm³/mol. The van der Waals surface area contributed by atoms with Gasteiger partial charge in [-0.1, -0.05) is 0 Å². The lowest BCUT2D eigenvalue weighted by molar-refractivity contribution is 0.292. The second-order valence-electron chi connectivity index (χ2n) is 2.62. The zero-order valence-corrected chi connectivity index (χ0v) is 7.21. The topological polar surface area (TPSA) is 59.0 Å². The monoisotopic (exact) mass is 198 g/mol. The Hall–Kier alpha value is -1.67. The average molecular weight is 198 g/mol. The summed E-state index contributed by atoms with van der Waals surface area (Å²) in [6.07, 6.45) is 0. The Morgan fingerprint density at radius 1 is 1.50 bits per heavy atom. The highest BCUT2D eigenvalue weighted by Crippen LogP contribution is 2.17. The van der Waals surface area contributed by atoms with Crippen molar-refractivity contribution in [2.75, 3.05) is 6.61 Å². The maximum Gasteiger partial charge on any atom is 0.165 e. The largest absolute Gasteiger partial charge is 0.488 e. The smallest absolute Gasteiger partial charge is 0.165 e. The van der Waals surface area contributed by atoms with Gasteiger partial charge in [-0.3, -0.25) is 0 Å². The van der Waals surface area contributed by atoms with E-state index in [1.165, 1.54) is 0 Å². The standard InChI is InChI=1S/C9H8F2N2O/c10-6-1-2-8(11)9(3-6)14-5-7(13)4-12/h1-3,7H,5,13H2. The van der Waals surface area contributed by atoms with E-state index in [1.807, 2.05) is 0 Å². The van der Waals surface area contributed by atoms with Crippen molar-refractivity contribution in [2.24, 2.45) is 5.73 Å². The molecular weight excluding hydrogens is 190 g/mol. The van der Waals surface area contributed by atoms with Crippen LogP contribution in [0, 0.1) is 23.0 Å². The molecule has 0 aliphatic heterocycles. The fraction of sp³-hybridized carbons (Fsp3) is 0.222. The van der Waals surface area contributed by atoms with Crippen molar-refractivity contribution in [2.45, 2.75) is 6.04 Å². The molecule has 1 aromatic carbocycles. The summed E-state index contributed by atoms with van der Waals surface area (Å²) in [4.78, 5) is 0. The molecule has 0 amide bonds. The summed E-state index contributed by atoms with van der Waals surface area (Å²) < 4.78 is 30.3. The lowest BCUT2D eigenvalue weighted by Gasteiger charge is -2.07. The first kappa shape index (κ1) is 10.4. The van der Waals surface area contributed by atoms with Crippen LogP contribution in [0.25, 0.3) is 0 Å². The third kappa shape index (κ3) is 2.68. The lowest BCUT2D eigenvalue weighted by Crippen LogP contribution is -2.25. The molecule has 0 radical (unpaired) electrons. The number of nitrogens with two attached hydrogens (primary N) is 1. The second kappa shape index (κ2) is 4.53. The number of halogens is 2. The molecule has 0 saturated heterocycles. The van der Waals surface area contributed by atoms with Gasteiger partial charge >= 0.3 is 0 Å². The van der Waals surface area contributed by atoms with Crippen molar-refractivity contribution >= 4 is 0 Å². The van der Waals surface area contributed by atoms with Crippen LogP contribution in [0.2, 0.25) is 0 Å². The van der Waals surface area contributed by atoms with Gasteiger partial charge in [0.25, 0.3) is 0 Å². The van der Waals surface area contributed by atoms with Gasteiger partial charge in [0.15, 0.2) is 11.6 Å². The maximum atomic E-state index is 12.9. The zero-order chi connectivity index (χ0) is 10.6. The summed E-state index contributed by atoms with van der Waals surface area (Å²) in [5, 5.41) is 8.31. The van der Waals surface area contributed by atoms with E-state index in [0.717, 1.165) is 18.2 Å². The predicted octanol–water partition coefficient (Wildman–Crippen LogP) is 1.19. The molecule has 0 spiro atoms. The number of nitriles is 1. The molecule has 1 rings (SSSR count). The van der Waals surface area contributed by atoms with Crippen LogP contribution < -0.4 is 10.5 Å². The SMILES string of the molecule is N#CC(N)COc1cc(F)ccc1F. The van der Waals surface area contributed by atoms with Gasteiger partial charge in [0, 0.05) is 6.07 Å². The van der Waals surface area contributed by atoms with Gasteiger partial charge in [-0.05, 0) is 12.1 Å². The van der Waals surface area contributed by atoms with Crippen LogP contribution in [0.15, 0.2) is 18.2 Å². The van der Waals surface area contributed by atoms with E-state index >= 15 is 0 Å². The minimum atomic E-state index is -0.849. The Balaban J connectivity index is 2.67. The number of ether oxygens (including phenoxy) is 1. The molecule has 74 valence electrons. The third-order valence-corrected chi connectivity index (χ3v) is 1.48. The van der Waals surface area contributed by atoms with Crippen molar-refractivity contribution in [1.82, 2.24) is 0 Å². The van der Waals surface area contributed by atoms with E-state index in [0.29, 0.717) is 0 Å². The summed E-state index contributed by atoms with van der Waals surface area (Å²) in [5.41, 5.74) is 5.21. The highest BCUT2D eigenvalue weighted by Gasteiger charge is 2.07. The Morgan fingerprint density at radius 3 is 2.86 bits per heavy atom. The van der Waals surface area contributed by atoms with E-state index in [4.69, 9.17) is 15.7 Å². The summed E-state index contributed by atoms with van der Waals surface area (Å²) in [7, 11) is 0. The van der Waals surface area contributed by atoms with Gasteiger partial charge < -0.3 is 10.5 Å². The van der Waals surface area contributed by atoms with Gasteiger partial charge in [0.2, 0.25) is 0 Å².